The van der Waals surface area contributed by atoms with Crippen LogP contribution in [0.1, 0.15) is 15.4 Å². The molecule has 15 heavy (non-hydrogen) atoms. The van der Waals surface area contributed by atoms with Gasteiger partial charge in [0.2, 0.25) is 0 Å². The highest BCUT2D eigenvalue weighted by molar-refractivity contribution is 7.11. The summed E-state index contributed by atoms with van der Waals surface area (Å²) in [7, 11) is 0. The van der Waals surface area contributed by atoms with Crippen molar-refractivity contribution in [1.82, 2.24) is 15.3 Å². The topological polar surface area (TPSA) is 37.8 Å². The van der Waals surface area contributed by atoms with E-state index in [1.54, 1.807) is 17.5 Å². The van der Waals surface area contributed by atoms with Crippen molar-refractivity contribution >= 4 is 11.3 Å². The number of hydrogen-bond acceptors (Lipinski definition) is 4. The highest BCUT2D eigenvalue weighted by Gasteiger charge is 1.97. The average molecular weight is 219 g/mol. The van der Waals surface area contributed by atoms with Crippen molar-refractivity contribution in [3.63, 3.8) is 0 Å². The lowest BCUT2D eigenvalue weighted by Crippen LogP contribution is -2.12. The van der Waals surface area contributed by atoms with Gasteiger partial charge in [0, 0.05) is 36.6 Å². The van der Waals surface area contributed by atoms with E-state index in [-0.39, 0.29) is 0 Å². The number of pyridine rings is 1. The Kier molecular flexibility index (Phi) is 3.42. The van der Waals surface area contributed by atoms with E-state index in [0.29, 0.717) is 0 Å². The maximum Gasteiger partial charge on any atom is 0.107 e. The maximum absolute atomic E-state index is 4.29. The van der Waals surface area contributed by atoms with Gasteiger partial charge in [-0.1, -0.05) is 6.07 Å². The van der Waals surface area contributed by atoms with E-state index >= 15 is 0 Å². The molecule has 78 valence electrons. The molecule has 0 spiro atoms. The lowest BCUT2D eigenvalue weighted by molar-refractivity contribution is 0.688. The number of aryl methyl sites for hydroxylation is 1. The van der Waals surface area contributed by atoms with Crippen LogP contribution in [-0.4, -0.2) is 9.97 Å². The van der Waals surface area contributed by atoms with Crippen molar-refractivity contribution < 1.29 is 0 Å². The van der Waals surface area contributed by atoms with E-state index in [0.717, 1.165) is 18.1 Å². The van der Waals surface area contributed by atoms with Gasteiger partial charge in [0.25, 0.3) is 0 Å². The molecule has 0 aromatic carbocycles. The first-order valence-corrected chi connectivity index (χ1v) is 5.67. The number of nitrogens with one attached hydrogen (secondary N) is 1. The molecule has 3 nitrogen and oxygen atoms in total. The van der Waals surface area contributed by atoms with Gasteiger partial charge in [0.05, 0.1) is 0 Å². The molecule has 0 amide bonds. The molecule has 0 saturated carbocycles. The first kappa shape index (κ1) is 10.3. The molecule has 0 aliphatic carbocycles. The van der Waals surface area contributed by atoms with E-state index in [9.17, 15) is 0 Å². The van der Waals surface area contributed by atoms with Crippen LogP contribution in [0.15, 0.2) is 30.7 Å². The van der Waals surface area contributed by atoms with E-state index in [2.05, 4.69) is 28.3 Å². The number of nitrogens with zero attached hydrogens (tertiary/aromatic N) is 2. The van der Waals surface area contributed by atoms with Crippen LogP contribution >= 0.6 is 11.3 Å². The van der Waals surface area contributed by atoms with Gasteiger partial charge in [0.15, 0.2) is 0 Å². The van der Waals surface area contributed by atoms with Crippen molar-refractivity contribution in [2.45, 2.75) is 20.0 Å². The average Bonchev–Trinajstić information content (AvgIpc) is 2.66. The summed E-state index contributed by atoms with van der Waals surface area (Å²) in [6.07, 6.45) is 5.57. The Bertz CT molecular complexity index is 411. The van der Waals surface area contributed by atoms with Gasteiger partial charge >= 0.3 is 0 Å². The lowest BCUT2D eigenvalue weighted by atomic mass is 10.3. The summed E-state index contributed by atoms with van der Waals surface area (Å²) in [4.78, 5) is 9.61. The van der Waals surface area contributed by atoms with E-state index < -0.39 is 0 Å². The standard InChI is InChI=1S/C11H13N3S/c1-9-5-14-11(15-9)8-13-7-10-3-2-4-12-6-10/h2-6,13H,7-8H2,1H3. The number of thiazole rings is 1. The Morgan fingerprint density at radius 2 is 2.27 bits per heavy atom. The third-order valence-corrected chi connectivity index (χ3v) is 2.91. The maximum atomic E-state index is 4.29. The normalized spacial score (nSPS) is 10.5. The predicted octanol–water partition coefficient (Wildman–Crippen LogP) is 2.14. The molecule has 2 aromatic heterocycles. The summed E-state index contributed by atoms with van der Waals surface area (Å²) in [6.45, 7) is 3.74. The Hall–Kier alpha value is -1.26. The molecule has 0 aliphatic rings. The molecule has 0 bridgehead atoms. The summed E-state index contributed by atoms with van der Waals surface area (Å²) < 4.78 is 0. The molecule has 2 rings (SSSR count). The Morgan fingerprint density at radius 3 is 2.93 bits per heavy atom. The van der Waals surface area contributed by atoms with Gasteiger partial charge in [-0.3, -0.25) is 4.98 Å². The summed E-state index contributed by atoms with van der Waals surface area (Å²) in [6, 6.07) is 4.01. The van der Waals surface area contributed by atoms with Crippen LogP contribution in [0.2, 0.25) is 0 Å². The molecule has 0 saturated heterocycles. The second-order valence-corrected chi connectivity index (χ2v) is 4.65. The summed E-state index contributed by atoms with van der Waals surface area (Å²) >= 11 is 1.73. The molecular weight excluding hydrogens is 206 g/mol. The molecule has 1 N–H and O–H groups in total. The molecule has 0 aliphatic heterocycles. The van der Waals surface area contributed by atoms with Crippen molar-refractivity contribution in [2.75, 3.05) is 0 Å². The molecule has 2 heterocycles. The third-order valence-electron chi connectivity index (χ3n) is 2.00. The van der Waals surface area contributed by atoms with Gasteiger partial charge < -0.3 is 5.32 Å². The van der Waals surface area contributed by atoms with Crippen molar-refractivity contribution in [3.05, 3.63) is 46.2 Å². The fraction of sp³-hybridized carbons (Fsp3) is 0.273. The highest BCUT2D eigenvalue weighted by Crippen LogP contribution is 2.10. The number of aromatic nitrogens is 2. The minimum absolute atomic E-state index is 0.827. The van der Waals surface area contributed by atoms with Crippen LogP contribution in [0.4, 0.5) is 0 Å². The smallest absolute Gasteiger partial charge is 0.107 e. The molecule has 4 heteroatoms. The zero-order valence-corrected chi connectivity index (χ0v) is 9.42. The summed E-state index contributed by atoms with van der Waals surface area (Å²) in [5.41, 5.74) is 1.20. The lowest BCUT2D eigenvalue weighted by Gasteiger charge is -2.01. The van der Waals surface area contributed by atoms with Gasteiger partial charge in [-0.15, -0.1) is 11.3 Å². The number of rotatable bonds is 4. The van der Waals surface area contributed by atoms with Crippen LogP contribution in [-0.2, 0) is 13.1 Å². The van der Waals surface area contributed by atoms with E-state index in [1.165, 1.54) is 10.4 Å². The number of hydrogen-bond donors (Lipinski definition) is 1. The fourth-order valence-electron chi connectivity index (χ4n) is 1.30. The largest absolute Gasteiger partial charge is 0.306 e. The summed E-state index contributed by atoms with van der Waals surface area (Å²) in [5, 5.41) is 4.47. The van der Waals surface area contributed by atoms with Crippen LogP contribution in [0, 0.1) is 6.92 Å². The van der Waals surface area contributed by atoms with Crippen molar-refractivity contribution in [2.24, 2.45) is 0 Å². The zero-order chi connectivity index (χ0) is 10.5. The quantitative estimate of drug-likeness (QED) is 0.856. The molecule has 0 radical (unpaired) electrons. The monoisotopic (exact) mass is 219 g/mol. The molecular formula is C11H13N3S. The predicted molar refractivity (Wildman–Crippen MR) is 61.6 cm³/mol. The van der Waals surface area contributed by atoms with E-state index in [1.807, 2.05) is 18.5 Å². The fourth-order valence-corrected chi connectivity index (χ4v) is 2.06. The van der Waals surface area contributed by atoms with Gasteiger partial charge in [0.1, 0.15) is 5.01 Å². The molecule has 0 unspecified atom stereocenters. The van der Waals surface area contributed by atoms with Gasteiger partial charge in [-0.25, -0.2) is 4.98 Å². The van der Waals surface area contributed by atoms with Crippen molar-refractivity contribution in [1.29, 1.82) is 0 Å². The van der Waals surface area contributed by atoms with Crippen LogP contribution in [0.25, 0.3) is 0 Å². The molecule has 0 atom stereocenters. The van der Waals surface area contributed by atoms with Crippen LogP contribution in [0.5, 0.6) is 0 Å². The first-order valence-electron chi connectivity index (χ1n) is 4.85. The van der Waals surface area contributed by atoms with Gasteiger partial charge in [-0.2, -0.15) is 0 Å². The van der Waals surface area contributed by atoms with Gasteiger partial charge in [-0.05, 0) is 18.6 Å². The second kappa shape index (κ2) is 5.00. The molecule has 0 fully saturated rings. The van der Waals surface area contributed by atoms with E-state index in [4.69, 9.17) is 0 Å². The Labute approximate surface area is 93.2 Å². The Morgan fingerprint density at radius 1 is 1.33 bits per heavy atom. The minimum atomic E-state index is 0.827. The van der Waals surface area contributed by atoms with Crippen LogP contribution in [0.3, 0.4) is 0 Å². The highest BCUT2D eigenvalue weighted by atomic mass is 32.1. The first-order chi connectivity index (χ1) is 7.34. The SMILES string of the molecule is Cc1cnc(CNCc2cccnc2)s1. The third kappa shape index (κ3) is 3.11. The van der Waals surface area contributed by atoms with Crippen molar-refractivity contribution in [3.8, 4) is 0 Å². The molecule has 2 aromatic rings. The van der Waals surface area contributed by atoms with Crippen LogP contribution < -0.4 is 5.32 Å². The Balaban J connectivity index is 1.80. The summed E-state index contributed by atoms with van der Waals surface area (Å²) in [5.74, 6) is 0. The minimum Gasteiger partial charge on any atom is -0.306 e. The second-order valence-electron chi connectivity index (χ2n) is 3.33. The zero-order valence-electron chi connectivity index (χ0n) is 8.60.